The molecule has 0 nitrogen and oxygen atoms in total. The molecular formula is C22H27PS. The lowest BCUT2D eigenvalue weighted by molar-refractivity contribution is 0.539. The largest absolute Gasteiger partial charge is 0.0907 e. The third kappa shape index (κ3) is 2.37. The van der Waals surface area contributed by atoms with Crippen molar-refractivity contribution in [2.24, 2.45) is 11.8 Å². The molecule has 0 saturated heterocycles. The Labute approximate surface area is 152 Å². The number of allylic oxidation sites excluding steroid dienone is 8. The topological polar surface area (TPSA) is 0 Å². The maximum Gasteiger partial charge on any atom is 0.0254 e. The fraction of sp³-hybridized carbons (Fsp3) is 0.364. The molecule has 0 saturated carbocycles. The van der Waals surface area contributed by atoms with Gasteiger partial charge in [0.2, 0.25) is 0 Å². The minimum Gasteiger partial charge on any atom is -0.0907 e. The lowest BCUT2D eigenvalue weighted by atomic mass is 9.89. The monoisotopic (exact) mass is 354 g/mol. The van der Waals surface area contributed by atoms with Crippen molar-refractivity contribution < 1.29 is 0 Å². The predicted octanol–water partition coefficient (Wildman–Crippen LogP) is 5.83. The minimum atomic E-state index is -2.00. The van der Waals surface area contributed by atoms with Crippen LogP contribution >= 0.6 is 6.04 Å². The van der Waals surface area contributed by atoms with Crippen molar-refractivity contribution in [3.63, 3.8) is 0 Å². The van der Waals surface area contributed by atoms with Gasteiger partial charge in [-0.3, -0.25) is 0 Å². The first kappa shape index (κ1) is 17.6. The van der Waals surface area contributed by atoms with Crippen LogP contribution in [-0.4, -0.2) is 10.3 Å². The summed E-state index contributed by atoms with van der Waals surface area (Å²) in [5.74, 6) is 0.855. The van der Waals surface area contributed by atoms with E-state index in [1.54, 1.807) is 0 Å². The van der Waals surface area contributed by atoms with E-state index in [9.17, 15) is 0 Å². The highest BCUT2D eigenvalue weighted by atomic mass is 32.4. The Morgan fingerprint density at radius 2 is 1.25 bits per heavy atom. The highest BCUT2D eigenvalue weighted by Crippen LogP contribution is 2.72. The summed E-state index contributed by atoms with van der Waals surface area (Å²) in [6.07, 6.45) is 18.1. The second kappa shape index (κ2) is 6.28. The van der Waals surface area contributed by atoms with Crippen molar-refractivity contribution in [2.45, 2.75) is 38.0 Å². The zero-order valence-electron chi connectivity index (χ0n) is 15.0. The first-order valence-corrected chi connectivity index (χ1v) is 11.5. The molecule has 0 amide bonds. The number of benzene rings is 1. The minimum absolute atomic E-state index is 0.0308. The second-order valence-corrected chi connectivity index (χ2v) is 12.8. The molecule has 0 N–H and O–H groups in total. The molecule has 126 valence electrons. The molecule has 0 heterocycles. The summed E-state index contributed by atoms with van der Waals surface area (Å²) in [5.41, 5.74) is 0. The molecule has 0 bridgehead atoms. The number of hydrogen-bond donors (Lipinski definition) is 0. The normalized spacial score (nSPS) is 37.3. The van der Waals surface area contributed by atoms with Crippen molar-refractivity contribution >= 4 is 23.1 Å². The molecule has 4 unspecified atom stereocenters. The third-order valence-corrected chi connectivity index (χ3v) is 14.1. The summed E-state index contributed by atoms with van der Waals surface area (Å²) < 4.78 is 0. The summed E-state index contributed by atoms with van der Waals surface area (Å²) >= 11 is 6.73. The molecule has 3 rings (SSSR count). The van der Waals surface area contributed by atoms with Crippen LogP contribution in [0.2, 0.25) is 0 Å². The fourth-order valence-corrected chi connectivity index (χ4v) is 10.5. The maximum absolute atomic E-state index is 6.73. The molecule has 0 fully saturated rings. The van der Waals surface area contributed by atoms with Gasteiger partial charge in [0.05, 0.1) is 0 Å². The molecule has 0 radical (unpaired) electrons. The van der Waals surface area contributed by atoms with Crippen LogP contribution in [-0.2, 0) is 11.8 Å². The fourth-order valence-electron chi connectivity index (χ4n) is 4.15. The first-order chi connectivity index (χ1) is 11.4. The van der Waals surface area contributed by atoms with E-state index >= 15 is 0 Å². The molecule has 4 atom stereocenters. The number of hydrogen-bond acceptors (Lipinski definition) is 1. The predicted molar refractivity (Wildman–Crippen MR) is 112 cm³/mol. The van der Waals surface area contributed by atoms with Gasteiger partial charge in [0.25, 0.3) is 0 Å². The van der Waals surface area contributed by atoms with Crippen molar-refractivity contribution in [1.82, 2.24) is 0 Å². The van der Waals surface area contributed by atoms with Gasteiger partial charge in [-0.15, -0.1) is 0 Å². The van der Waals surface area contributed by atoms with Crippen molar-refractivity contribution in [2.75, 3.05) is 0 Å². The van der Waals surface area contributed by atoms with Crippen LogP contribution in [0.4, 0.5) is 0 Å². The van der Waals surface area contributed by atoms with Crippen LogP contribution in [0.1, 0.15) is 27.7 Å². The molecule has 2 aliphatic carbocycles. The maximum atomic E-state index is 6.73. The van der Waals surface area contributed by atoms with Crippen LogP contribution in [0.3, 0.4) is 0 Å². The van der Waals surface area contributed by atoms with Gasteiger partial charge < -0.3 is 0 Å². The van der Waals surface area contributed by atoms with Gasteiger partial charge in [-0.1, -0.05) is 118 Å². The van der Waals surface area contributed by atoms with E-state index < -0.39 is 6.04 Å². The molecule has 0 spiro atoms. The Morgan fingerprint density at radius 3 is 1.67 bits per heavy atom. The van der Waals surface area contributed by atoms with Gasteiger partial charge in [-0.2, -0.15) is 0 Å². The Hall–Kier alpha value is -1.17. The smallest absolute Gasteiger partial charge is 0.0254 e. The van der Waals surface area contributed by atoms with Gasteiger partial charge in [-0.25, -0.2) is 0 Å². The Balaban J connectivity index is 2.30. The van der Waals surface area contributed by atoms with Crippen LogP contribution in [0, 0.1) is 11.8 Å². The van der Waals surface area contributed by atoms with Crippen LogP contribution < -0.4 is 5.30 Å². The van der Waals surface area contributed by atoms with Gasteiger partial charge in [0.1, 0.15) is 0 Å². The van der Waals surface area contributed by atoms with Crippen molar-refractivity contribution in [3.05, 3.63) is 78.9 Å². The molecule has 2 heteroatoms. The first-order valence-electron chi connectivity index (χ1n) is 8.74. The molecule has 1 aromatic carbocycles. The molecule has 1 aromatic rings. The third-order valence-electron chi connectivity index (χ3n) is 6.21. The second-order valence-electron chi connectivity index (χ2n) is 7.46. The highest BCUT2D eigenvalue weighted by molar-refractivity contribution is 8.19. The molecule has 0 aliphatic heterocycles. The molecular weight excluding hydrogens is 327 g/mol. The number of rotatable bonds is 3. The lowest BCUT2D eigenvalue weighted by Gasteiger charge is -2.54. The van der Waals surface area contributed by atoms with Crippen molar-refractivity contribution in [3.8, 4) is 0 Å². The Morgan fingerprint density at radius 1 is 0.792 bits per heavy atom. The van der Waals surface area contributed by atoms with E-state index in [1.165, 1.54) is 5.30 Å². The van der Waals surface area contributed by atoms with Crippen LogP contribution in [0.15, 0.2) is 78.9 Å². The summed E-state index contributed by atoms with van der Waals surface area (Å²) in [6.45, 7) is 9.41. The molecule has 2 aliphatic rings. The highest BCUT2D eigenvalue weighted by Gasteiger charge is 2.54. The molecule has 0 aromatic heterocycles. The van der Waals surface area contributed by atoms with Crippen LogP contribution in [0.5, 0.6) is 0 Å². The standard InChI is InChI=1S/C22H27PS/c1-18-12-8-10-16-21(18,3)23(24,20-14-6-5-7-15-20)22(4)17-11-9-13-19(22)2/h5-19H,1-4H3. The van der Waals surface area contributed by atoms with E-state index in [4.69, 9.17) is 11.8 Å². The van der Waals surface area contributed by atoms with Gasteiger partial charge >= 0.3 is 0 Å². The van der Waals surface area contributed by atoms with Gasteiger partial charge in [0.15, 0.2) is 0 Å². The summed E-state index contributed by atoms with van der Waals surface area (Å²) in [7, 11) is 0. The zero-order chi connectivity index (χ0) is 17.4. The summed E-state index contributed by atoms with van der Waals surface area (Å²) in [5, 5.41) is 1.29. The summed E-state index contributed by atoms with van der Waals surface area (Å²) in [6, 6.07) is 8.89. The van der Waals surface area contributed by atoms with Gasteiger partial charge in [0, 0.05) is 16.3 Å². The van der Waals surface area contributed by atoms with Crippen LogP contribution in [0.25, 0.3) is 0 Å². The van der Waals surface area contributed by atoms with Gasteiger partial charge in [-0.05, 0) is 17.1 Å². The summed E-state index contributed by atoms with van der Waals surface area (Å²) in [4.78, 5) is 0. The molecule has 24 heavy (non-hydrogen) atoms. The van der Waals surface area contributed by atoms with E-state index in [0.717, 1.165) is 0 Å². The SMILES string of the molecule is CC1C=CC=CC1(C)P(=S)(c1ccccc1)C1(C)C=CC=CC1C. The van der Waals surface area contributed by atoms with E-state index in [2.05, 4.69) is 107 Å². The van der Waals surface area contributed by atoms with E-state index in [-0.39, 0.29) is 10.3 Å². The van der Waals surface area contributed by atoms with E-state index in [1.807, 2.05) is 0 Å². The quantitative estimate of drug-likeness (QED) is 0.615. The average Bonchev–Trinajstić information content (AvgIpc) is 2.60. The Bertz CT molecular complexity index is 726. The van der Waals surface area contributed by atoms with Crippen molar-refractivity contribution in [1.29, 1.82) is 0 Å². The Kier molecular flexibility index (Phi) is 4.62. The zero-order valence-corrected chi connectivity index (χ0v) is 16.7. The average molecular weight is 354 g/mol. The lowest BCUT2D eigenvalue weighted by Crippen LogP contribution is -2.46. The van der Waals surface area contributed by atoms with E-state index in [0.29, 0.717) is 11.8 Å².